The first-order valence-corrected chi connectivity index (χ1v) is 7.68. The van der Waals surface area contributed by atoms with E-state index in [-0.39, 0.29) is 5.82 Å². The van der Waals surface area contributed by atoms with E-state index >= 15 is 0 Å². The minimum absolute atomic E-state index is 0.270. The molecule has 0 aliphatic rings. The van der Waals surface area contributed by atoms with E-state index in [0.29, 0.717) is 5.56 Å². The molecular formula is C18H11FN2S. The third-order valence-electron chi connectivity index (χ3n) is 3.95. The van der Waals surface area contributed by atoms with E-state index in [0.717, 1.165) is 31.6 Å². The van der Waals surface area contributed by atoms with E-state index in [2.05, 4.69) is 16.7 Å². The molecule has 0 radical (unpaired) electrons. The van der Waals surface area contributed by atoms with Crippen LogP contribution in [0.15, 0.2) is 48.5 Å². The summed E-state index contributed by atoms with van der Waals surface area (Å²) in [7, 11) is 2.01. The van der Waals surface area contributed by atoms with Gasteiger partial charge in [0.2, 0.25) is 0 Å². The molecule has 0 amide bonds. The molecule has 0 N–H and O–H groups in total. The topological polar surface area (TPSA) is 28.7 Å². The highest BCUT2D eigenvalue weighted by molar-refractivity contribution is 7.22. The van der Waals surface area contributed by atoms with Crippen LogP contribution < -0.4 is 0 Å². The molecule has 0 spiro atoms. The molecule has 2 aromatic heterocycles. The standard InChI is InChI=1S/C18H11FN2S/c1-21-15-5-3-2-4-13(15)16-14(10-20)17(22-18(16)21)11-6-8-12(19)9-7-11/h2-9H,1H3. The summed E-state index contributed by atoms with van der Waals surface area (Å²) in [6.07, 6.45) is 0. The SMILES string of the molecule is Cn1c2ccccc2c2c(C#N)c(-c3ccc(F)cc3)sc21. The van der Waals surface area contributed by atoms with Crippen molar-refractivity contribution in [1.82, 2.24) is 4.57 Å². The van der Waals surface area contributed by atoms with Gasteiger partial charge in [-0.2, -0.15) is 5.26 Å². The molecule has 0 saturated heterocycles. The van der Waals surface area contributed by atoms with E-state index < -0.39 is 0 Å². The normalized spacial score (nSPS) is 11.1. The molecule has 4 aromatic rings. The number of thiophene rings is 1. The lowest BCUT2D eigenvalue weighted by Crippen LogP contribution is -1.83. The third kappa shape index (κ3) is 1.69. The van der Waals surface area contributed by atoms with Crippen molar-refractivity contribution >= 4 is 32.5 Å². The number of hydrogen-bond acceptors (Lipinski definition) is 2. The number of benzene rings is 2. The van der Waals surface area contributed by atoms with Gasteiger partial charge < -0.3 is 4.57 Å². The fourth-order valence-corrected chi connectivity index (χ4v) is 4.15. The van der Waals surface area contributed by atoms with Gasteiger partial charge in [0, 0.05) is 23.3 Å². The second-order valence-electron chi connectivity index (χ2n) is 5.18. The van der Waals surface area contributed by atoms with E-state index in [1.165, 1.54) is 12.1 Å². The number of nitrogens with zero attached hydrogens (tertiary/aromatic N) is 2. The maximum atomic E-state index is 13.1. The van der Waals surface area contributed by atoms with Gasteiger partial charge in [0.25, 0.3) is 0 Å². The second-order valence-corrected chi connectivity index (χ2v) is 6.18. The predicted octanol–water partition coefficient (Wildman–Crippen LogP) is 5.07. The lowest BCUT2D eigenvalue weighted by Gasteiger charge is -2.00. The van der Waals surface area contributed by atoms with Gasteiger partial charge in [-0.05, 0) is 23.8 Å². The molecule has 0 bridgehead atoms. The van der Waals surface area contributed by atoms with Crippen LogP contribution in [0.1, 0.15) is 5.56 Å². The van der Waals surface area contributed by atoms with Crippen LogP contribution in [0.3, 0.4) is 0 Å². The fourth-order valence-electron chi connectivity index (χ4n) is 2.90. The maximum Gasteiger partial charge on any atom is 0.123 e. The molecule has 0 atom stereocenters. The summed E-state index contributed by atoms with van der Waals surface area (Å²) in [5.74, 6) is -0.270. The van der Waals surface area contributed by atoms with Gasteiger partial charge in [-0.1, -0.05) is 30.3 Å². The summed E-state index contributed by atoms with van der Waals surface area (Å²) in [5.41, 5.74) is 2.66. The number of fused-ring (bicyclic) bond motifs is 3. The Kier molecular flexibility index (Phi) is 2.78. The van der Waals surface area contributed by atoms with E-state index in [1.807, 2.05) is 25.2 Å². The molecule has 2 aromatic carbocycles. The van der Waals surface area contributed by atoms with Crippen LogP contribution in [0.2, 0.25) is 0 Å². The summed E-state index contributed by atoms with van der Waals surface area (Å²) in [6, 6.07) is 16.7. The lowest BCUT2D eigenvalue weighted by atomic mass is 10.1. The molecule has 4 rings (SSSR count). The molecule has 0 aliphatic carbocycles. The van der Waals surface area contributed by atoms with Crippen molar-refractivity contribution in [1.29, 1.82) is 5.26 Å². The number of aromatic nitrogens is 1. The minimum Gasteiger partial charge on any atom is -0.335 e. The average Bonchev–Trinajstić information content (AvgIpc) is 3.05. The summed E-state index contributed by atoms with van der Waals surface area (Å²) in [5, 5.41) is 11.7. The van der Waals surface area contributed by atoms with Crippen molar-refractivity contribution in [2.45, 2.75) is 0 Å². The van der Waals surface area contributed by atoms with Gasteiger partial charge in [-0.15, -0.1) is 11.3 Å². The lowest BCUT2D eigenvalue weighted by molar-refractivity contribution is 0.628. The number of hydrogen-bond donors (Lipinski definition) is 0. The van der Waals surface area contributed by atoms with Gasteiger partial charge >= 0.3 is 0 Å². The molecular weight excluding hydrogens is 295 g/mol. The average molecular weight is 306 g/mol. The van der Waals surface area contributed by atoms with Crippen molar-refractivity contribution in [2.75, 3.05) is 0 Å². The smallest absolute Gasteiger partial charge is 0.123 e. The Labute approximate surface area is 130 Å². The zero-order chi connectivity index (χ0) is 15.3. The molecule has 0 fully saturated rings. The Hall–Kier alpha value is -2.64. The number of rotatable bonds is 1. The monoisotopic (exact) mass is 306 g/mol. The number of nitriles is 1. The van der Waals surface area contributed by atoms with Crippen LogP contribution >= 0.6 is 11.3 Å². The molecule has 0 aliphatic heterocycles. The number of aryl methyl sites for hydroxylation is 1. The van der Waals surface area contributed by atoms with Crippen molar-refractivity contribution in [2.24, 2.45) is 7.05 Å². The Morgan fingerprint density at radius 2 is 1.82 bits per heavy atom. The summed E-state index contributed by atoms with van der Waals surface area (Å²) in [4.78, 5) is 1.96. The van der Waals surface area contributed by atoms with E-state index in [4.69, 9.17) is 0 Å². The first kappa shape index (κ1) is 13.1. The van der Waals surface area contributed by atoms with Crippen molar-refractivity contribution in [3.05, 3.63) is 59.9 Å². The van der Waals surface area contributed by atoms with Gasteiger partial charge in [-0.25, -0.2) is 4.39 Å². The minimum atomic E-state index is -0.270. The molecule has 22 heavy (non-hydrogen) atoms. The predicted molar refractivity (Wildman–Crippen MR) is 88.4 cm³/mol. The van der Waals surface area contributed by atoms with Crippen molar-refractivity contribution in [3.8, 4) is 16.5 Å². The van der Waals surface area contributed by atoms with Gasteiger partial charge in [0.1, 0.15) is 16.7 Å². The quantitative estimate of drug-likeness (QED) is 0.482. The van der Waals surface area contributed by atoms with E-state index in [1.54, 1.807) is 23.5 Å². The molecule has 0 unspecified atom stereocenters. The van der Waals surface area contributed by atoms with Crippen LogP contribution in [-0.2, 0) is 7.05 Å². The van der Waals surface area contributed by atoms with Crippen LogP contribution in [0.5, 0.6) is 0 Å². The first-order chi connectivity index (χ1) is 10.7. The molecule has 106 valence electrons. The molecule has 2 heterocycles. The Morgan fingerprint density at radius 3 is 2.55 bits per heavy atom. The van der Waals surface area contributed by atoms with Crippen LogP contribution in [-0.4, -0.2) is 4.57 Å². The first-order valence-electron chi connectivity index (χ1n) is 6.86. The van der Waals surface area contributed by atoms with E-state index in [9.17, 15) is 9.65 Å². The van der Waals surface area contributed by atoms with Crippen molar-refractivity contribution < 1.29 is 4.39 Å². The largest absolute Gasteiger partial charge is 0.335 e. The van der Waals surface area contributed by atoms with Gasteiger partial charge in [0.05, 0.1) is 10.4 Å². The number of halogens is 1. The summed E-state index contributed by atoms with van der Waals surface area (Å²) < 4.78 is 15.3. The van der Waals surface area contributed by atoms with Crippen LogP contribution in [0.25, 0.3) is 31.6 Å². The summed E-state index contributed by atoms with van der Waals surface area (Å²) >= 11 is 1.58. The highest BCUT2D eigenvalue weighted by Gasteiger charge is 2.19. The third-order valence-corrected chi connectivity index (χ3v) is 5.26. The molecule has 4 heteroatoms. The molecule has 2 nitrogen and oxygen atoms in total. The maximum absolute atomic E-state index is 13.1. The second kappa shape index (κ2) is 4.69. The zero-order valence-corrected chi connectivity index (χ0v) is 12.6. The highest BCUT2D eigenvalue weighted by atomic mass is 32.1. The van der Waals surface area contributed by atoms with Crippen LogP contribution in [0, 0.1) is 17.1 Å². The van der Waals surface area contributed by atoms with Crippen molar-refractivity contribution in [3.63, 3.8) is 0 Å². The summed E-state index contributed by atoms with van der Waals surface area (Å²) in [6.45, 7) is 0. The molecule has 0 saturated carbocycles. The number of para-hydroxylation sites is 1. The Balaban J connectivity index is 2.12. The zero-order valence-electron chi connectivity index (χ0n) is 11.8. The fraction of sp³-hybridized carbons (Fsp3) is 0.0556. The van der Waals surface area contributed by atoms with Crippen LogP contribution in [0.4, 0.5) is 4.39 Å². The van der Waals surface area contributed by atoms with Gasteiger partial charge in [-0.3, -0.25) is 0 Å². The highest BCUT2D eigenvalue weighted by Crippen LogP contribution is 2.42. The Bertz CT molecular complexity index is 1050. The van der Waals surface area contributed by atoms with Gasteiger partial charge in [0.15, 0.2) is 0 Å². The Morgan fingerprint density at radius 1 is 1.09 bits per heavy atom.